The summed E-state index contributed by atoms with van der Waals surface area (Å²) in [6, 6.07) is 26.3. The lowest BCUT2D eigenvalue weighted by Gasteiger charge is -2.05. The summed E-state index contributed by atoms with van der Waals surface area (Å²) in [5.74, 6) is -0.827. The first-order chi connectivity index (χ1) is 15.2. The number of rotatable bonds is 7. The standard InChI is InChI=1S/C26H22N2O3/c1-2-19-13-15-20(16-14-19)24(29)18-31-26(30)23-17-28(22-11-7-4-8-12-22)27-25(23)21-9-5-3-6-10-21/h3-17H,2,18H2,1H3. The third-order valence-corrected chi connectivity index (χ3v) is 5.02. The van der Waals surface area contributed by atoms with Crippen LogP contribution in [0.5, 0.6) is 0 Å². The predicted molar refractivity (Wildman–Crippen MR) is 119 cm³/mol. The fraction of sp³-hybridized carbons (Fsp3) is 0.115. The Balaban J connectivity index is 1.57. The van der Waals surface area contributed by atoms with E-state index in [-0.39, 0.29) is 12.4 Å². The molecule has 0 atom stereocenters. The second-order valence-corrected chi connectivity index (χ2v) is 7.09. The van der Waals surface area contributed by atoms with E-state index in [0.29, 0.717) is 16.8 Å². The lowest BCUT2D eigenvalue weighted by molar-refractivity contribution is 0.0475. The number of ketones is 1. The van der Waals surface area contributed by atoms with Crippen molar-refractivity contribution in [1.29, 1.82) is 0 Å². The normalized spacial score (nSPS) is 10.6. The minimum absolute atomic E-state index is 0.243. The Morgan fingerprint density at radius 2 is 1.52 bits per heavy atom. The first-order valence-electron chi connectivity index (χ1n) is 10.2. The number of hydrogen-bond donors (Lipinski definition) is 0. The van der Waals surface area contributed by atoms with E-state index in [2.05, 4.69) is 12.0 Å². The fourth-order valence-corrected chi connectivity index (χ4v) is 3.26. The van der Waals surface area contributed by atoms with Crippen molar-refractivity contribution in [2.45, 2.75) is 13.3 Å². The maximum Gasteiger partial charge on any atom is 0.342 e. The number of hydrogen-bond acceptors (Lipinski definition) is 4. The van der Waals surface area contributed by atoms with Crippen LogP contribution in [0.1, 0.15) is 33.2 Å². The van der Waals surface area contributed by atoms with Gasteiger partial charge < -0.3 is 4.74 Å². The number of para-hydroxylation sites is 1. The van der Waals surface area contributed by atoms with Crippen molar-refractivity contribution in [3.05, 3.63) is 108 Å². The molecule has 4 aromatic rings. The van der Waals surface area contributed by atoms with E-state index in [1.807, 2.05) is 72.8 Å². The van der Waals surface area contributed by atoms with Gasteiger partial charge in [0.2, 0.25) is 0 Å². The van der Waals surface area contributed by atoms with Crippen LogP contribution in [0.4, 0.5) is 0 Å². The summed E-state index contributed by atoms with van der Waals surface area (Å²) in [5, 5.41) is 4.61. The molecule has 1 heterocycles. The van der Waals surface area contributed by atoms with Gasteiger partial charge in [0, 0.05) is 17.3 Å². The Morgan fingerprint density at radius 3 is 2.16 bits per heavy atom. The zero-order chi connectivity index (χ0) is 21.6. The number of Topliss-reactive ketones (excluding diaryl/α,β-unsaturated/α-hetero) is 1. The highest BCUT2D eigenvalue weighted by Crippen LogP contribution is 2.24. The highest BCUT2D eigenvalue weighted by atomic mass is 16.5. The molecular formula is C26H22N2O3. The molecule has 154 valence electrons. The van der Waals surface area contributed by atoms with Crippen LogP contribution in [0, 0.1) is 0 Å². The number of aryl methyl sites for hydroxylation is 1. The summed E-state index contributed by atoms with van der Waals surface area (Å²) in [4.78, 5) is 25.4. The van der Waals surface area contributed by atoms with E-state index in [4.69, 9.17) is 4.74 Å². The van der Waals surface area contributed by atoms with Gasteiger partial charge in [-0.05, 0) is 24.1 Å². The van der Waals surface area contributed by atoms with E-state index in [0.717, 1.165) is 23.2 Å². The van der Waals surface area contributed by atoms with E-state index in [1.54, 1.807) is 23.0 Å². The van der Waals surface area contributed by atoms with E-state index in [1.165, 1.54) is 0 Å². The van der Waals surface area contributed by atoms with Gasteiger partial charge >= 0.3 is 5.97 Å². The number of ether oxygens (including phenoxy) is 1. The molecule has 5 heteroatoms. The van der Waals surface area contributed by atoms with E-state index < -0.39 is 5.97 Å². The van der Waals surface area contributed by atoms with Crippen molar-refractivity contribution >= 4 is 11.8 Å². The molecule has 3 aromatic carbocycles. The third kappa shape index (κ3) is 4.61. The maximum absolute atomic E-state index is 12.9. The molecule has 0 fully saturated rings. The topological polar surface area (TPSA) is 61.2 Å². The maximum atomic E-state index is 12.9. The van der Waals surface area contributed by atoms with Crippen molar-refractivity contribution in [2.24, 2.45) is 0 Å². The molecular weight excluding hydrogens is 388 g/mol. The van der Waals surface area contributed by atoms with Gasteiger partial charge in [-0.25, -0.2) is 9.48 Å². The summed E-state index contributed by atoms with van der Waals surface area (Å²) in [6.45, 7) is 1.73. The van der Waals surface area contributed by atoms with Crippen molar-refractivity contribution in [2.75, 3.05) is 6.61 Å². The van der Waals surface area contributed by atoms with Crippen LogP contribution in [-0.2, 0) is 11.2 Å². The molecule has 0 aliphatic rings. The van der Waals surface area contributed by atoms with Crippen LogP contribution in [0.2, 0.25) is 0 Å². The van der Waals surface area contributed by atoms with Crippen molar-refractivity contribution < 1.29 is 14.3 Å². The molecule has 5 nitrogen and oxygen atoms in total. The van der Waals surface area contributed by atoms with Gasteiger partial charge in [0.05, 0.1) is 5.69 Å². The third-order valence-electron chi connectivity index (χ3n) is 5.02. The average Bonchev–Trinajstić information content (AvgIpc) is 3.29. The van der Waals surface area contributed by atoms with Gasteiger partial charge in [-0.2, -0.15) is 5.10 Å². The molecule has 0 amide bonds. The number of esters is 1. The second-order valence-electron chi connectivity index (χ2n) is 7.09. The predicted octanol–water partition coefficient (Wildman–Crippen LogP) is 5.14. The minimum atomic E-state index is -0.584. The summed E-state index contributed by atoms with van der Waals surface area (Å²) in [6.07, 6.45) is 2.54. The molecule has 1 aromatic heterocycles. The molecule has 0 saturated carbocycles. The molecule has 0 N–H and O–H groups in total. The summed E-state index contributed by atoms with van der Waals surface area (Å²) in [7, 11) is 0. The highest BCUT2D eigenvalue weighted by Gasteiger charge is 2.21. The Morgan fingerprint density at radius 1 is 0.871 bits per heavy atom. The largest absolute Gasteiger partial charge is 0.454 e. The van der Waals surface area contributed by atoms with E-state index >= 15 is 0 Å². The van der Waals surface area contributed by atoms with Crippen LogP contribution in [-0.4, -0.2) is 28.1 Å². The minimum Gasteiger partial charge on any atom is -0.454 e. The van der Waals surface area contributed by atoms with Crippen molar-refractivity contribution in [3.8, 4) is 16.9 Å². The highest BCUT2D eigenvalue weighted by molar-refractivity contribution is 6.01. The molecule has 0 bridgehead atoms. The zero-order valence-electron chi connectivity index (χ0n) is 17.2. The molecule has 0 unspecified atom stereocenters. The smallest absolute Gasteiger partial charge is 0.342 e. The SMILES string of the molecule is CCc1ccc(C(=O)COC(=O)c2cn(-c3ccccc3)nc2-c2ccccc2)cc1. The Labute approximate surface area is 180 Å². The van der Waals surface area contributed by atoms with Crippen molar-refractivity contribution in [1.82, 2.24) is 9.78 Å². The van der Waals surface area contributed by atoms with Crippen LogP contribution in [0.3, 0.4) is 0 Å². The van der Waals surface area contributed by atoms with Gasteiger partial charge in [0.1, 0.15) is 11.3 Å². The quantitative estimate of drug-likeness (QED) is 0.313. The summed E-state index contributed by atoms with van der Waals surface area (Å²) in [5.41, 5.74) is 4.11. The molecule has 31 heavy (non-hydrogen) atoms. The van der Waals surface area contributed by atoms with Gasteiger partial charge in [-0.1, -0.05) is 79.7 Å². The van der Waals surface area contributed by atoms with Crippen LogP contribution in [0.15, 0.2) is 91.1 Å². The first-order valence-corrected chi connectivity index (χ1v) is 10.2. The summed E-state index contributed by atoms with van der Waals surface area (Å²) >= 11 is 0. The van der Waals surface area contributed by atoms with Gasteiger partial charge in [-0.3, -0.25) is 4.79 Å². The first kappa shape index (κ1) is 20.3. The Bertz CT molecular complexity index is 1180. The number of carbonyl (C=O) groups is 2. The van der Waals surface area contributed by atoms with Crippen LogP contribution < -0.4 is 0 Å². The number of aromatic nitrogens is 2. The van der Waals surface area contributed by atoms with E-state index in [9.17, 15) is 9.59 Å². The Hall–Kier alpha value is -3.99. The molecule has 0 saturated heterocycles. The second kappa shape index (κ2) is 9.22. The number of benzene rings is 3. The van der Waals surface area contributed by atoms with Crippen LogP contribution in [0.25, 0.3) is 16.9 Å². The molecule has 0 spiro atoms. The zero-order valence-corrected chi connectivity index (χ0v) is 17.2. The fourth-order valence-electron chi connectivity index (χ4n) is 3.26. The summed E-state index contributed by atoms with van der Waals surface area (Å²) < 4.78 is 7.01. The number of nitrogens with zero attached hydrogens (tertiary/aromatic N) is 2. The molecule has 0 radical (unpaired) electrons. The van der Waals surface area contributed by atoms with Gasteiger partial charge in [-0.15, -0.1) is 0 Å². The van der Waals surface area contributed by atoms with Gasteiger partial charge in [0.15, 0.2) is 12.4 Å². The number of carbonyl (C=O) groups excluding carboxylic acids is 2. The average molecular weight is 410 g/mol. The lowest BCUT2D eigenvalue weighted by atomic mass is 10.1. The Kier molecular flexibility index (Phi) is 6.03. The van der Waals surface area contributed by atoms with Crippen LogP contribution >= 0.6 is 0 Å². The monoisotopic (exact) mass is 410 g/mol. The molecule has 0 aliphatic heterocycles. The van der Waals surface area contributed by atoms with Crippen molar-refractivity contribution in [3.63, 3.8) is 0 Å². The molecule has 0 aliphatic carbocycles. The molecule has 4 rings (SSSR count). The van der Waals surface area contributed by atoms with Gasteiger partial charge in [0.25, 0.3) is 0 Å². The lowest BCUT2D eigenvalue weighted by Crippen LogP contribution is -2.14.